The van der Waals surface area contributed by atoms with Gasteiger partial charge in [-0.3, -0.25) is 5.01 Å². The van der Waals surface area contributed by atoms with Crippen LogP contribution in [0.3, 0.4) is 0 Å². The first-order valence-electron chi connectivity index (χ1n) is 7.62. The fourth-order valence-electron chi connectivity index (χ4n) is 2.07. The van der Waals surface area contributed by atoms with Gasteiger partial charge >= 0.3 is 0 Å². The molecule has 3 rings (SSSR count). The van der Waals surface area contributed by atoms with Crippen molar-refractivity contribution in [1.82, 2.24) is 5.01 Å². The van der Waals surface area contributed by atoms with Crippen molar-refractivity contribution < 1.29 is 4.74 Å². The first-order valence-corrected chi connectivity index (χ1v) is 7.62. The molecule has 0 aromatic heterocycles. The Morgan fingerprint density at radius 3 is 1.78 bits per heavy atom. The molecule has 6 nitrogen and oxygen atoms in total. The van der Waals surface area contributed by atoms with Gasteiger partial charge in [0, 0.05) is 0 Å². The summed E-state index contributed by atoms with van der Waals surface area (Å²) in [6.07, 6.45) is 0. The van der Waals surface area contributed by atoms with Crippen LogP contribution in [0.2, 0.25) is 0 Å². The standard InChI is InChI=1S/C17H19N5O/c1-14-2-4-15(5-3-14)18-19-16-6-8-17(9-7-16)20-21-22-10-12-23-13-11-22/h2-9H,10-13H2,1H3/b19-18+,21-20+. The highest BCUT2D eigenvalue weighted by molar-refractivity contribution is 5.47. The molecule has 1 heterocycles. The molecule has 1 aliphatic rings. The topological polar surface area (TPSA) is 61.9 Å². The smallest absolute Gasteiger partial charge is 0.0875 e. The molecule has 0 atom stereocenters. The Hall–Kier alpha value is -2.60. The Kier molecular flexibility index (Phi) is 5.06. The van der Waals surface area contributed by atoms with Crippen molar-refractivity contribution in [2.24, 2.45) is 20.6 Å². The van der Waals surface area contributed by atoms with Crippen molar-refractivity contribution in [2.45, 2.75) is 6.92 Å². The molecule has 23 heavy (non-hydrogen) atoms. The molecule has 1 aliphatic heterocycles. The van der Waals surface area contributed by atoms with Crippen molar-refractivity contribution in [1.29, 1.82) is 0 Å². The Bertz CT molecular complexity index is 673. The van der Waals surface area contributed by atoms with E-state index in [1.807, 2.05) is 60.5 Å². The average Bonchev–Trinajstić information content (AvgIpc) is 2.61. The van der Waals surface area contributed by atoms with Crippen LogP contribution >= 0.6 is 0 Å². The normalized spacial score (nSPS) is 15.6. The fraction of sp³-hybridized carbons (Fsp3) is 0.294. The van der Waals surface area contributed by atoms with Crippen molar-refractivity contribution in [2.75, 3.05) is 26.3 Å². The molecule has 0 radical (unpaired) electrons. The first-order chi connectivity index (χ1) is 11.3. The summed E-state index contributed by atoms with van der Waals surface area (Å²) < 4.78 is 5.27. The maximum atomic E-state index is 5.27. The first kappa shape index (κ1) is 15.3. The molecular formula is C17H19N5O. The summed E-state index contributed by atoms with van der Waals surface area (Å²) in [5, 5.41) is 18.8. The van der Waals surface area contributed by atoms with Crippen molar-refractivity contribution in [3.63, 3.8) is 0 Å². The van der Waals surface area contributed by atoms with E-state index in [1.165, 1.54) is 5.56 Å². The highest BCUT2D eigenvalue weighted by Gasteiger charge is 2.06. The molecule has 0 aliphatic carbocycles. The van der Waals surface area contributed by atoms with Gasteiger partial charge in [-0.15, -0.1) is 5.11 Å². The van der Waals surface area contributed by atoms with Crippen LogP contribution < -0.4 is 0 Å². The van der Waals surface area contributed by atoms with Crippen LogP contribution in [0.1, 0.15) is 5.56 Å². The summed E-state index contributed by atoms with van der Waals surface area (Å²) in [6.45, 7) is 5.03. The lowest BCUT2D eigenvalue weighted by Crippen LogP contribution is -2.31. The highest BCUT2D eigenvalue weighted by Crippen LogP contribution is 2.22. The zero-order chi connectivity index (χ0) is 15.9. The minimum absolute atomic E-state index is 0.706. The van der Waals surface area contributed by atoms with Crippen LogP contribution in [-0.4, -0.2) is 31.3 Å². The molecule has 0 spiro atoms. The number of aryl methyl sites for hydroxylation is 1. The van der Waals surface area contributed by atoms with Gasteiger partial charge in [-0.25, -0.2) is 0 Å². The molecule has 118 valence electrons. The van der Waals surface area contributed by atoms with Gasteiger partial charge in [0.15, 0.2) is 0 Å². The summed E-state index contributed by atoms with van der Waals surface area (Å²) in [4.78, 5) is 0. The molecule has 6 heteroatoms. The second-order valence-electron chi connectivity index (χ2n) is 5.31. The predicted molar refractivity (Wildman–Crippen MR) is 88.7 cm³/mol. The molecule has 0 N–H and O–H groups in total. The van der Waals surface area contributed by atoms with Gasteiger partial charge < -0.3 is 4.74 Å². The van der Waals surface area contributed by atoms with Gasteiger partial charge in [-0.1, -0.05) is 22.9 Å². The number of hydrogen-bond donors (Lipinski definition) is 0. The average molecular weight is 309 g/mol. The van der Waals surface area contributed by atoms with E-state index in [-0.39, 0.29) is 0 Å². The lowest BCUT2D eigenvalue weighted by atomic mass is 10.2. The van der Waals surface area contributed by atoms with Crippen LogP contribution in [0.5, 0.6) is 0 Å². The lowest BCUT2D eigenvalue weighted by Gasteiger charge is -2.22. The maximum absolute atomic E-state index is 5.27. The number of ether oxygens (including phenoxy) is 1. The van der Waals surface area contributed by atoms with Crippen LogP contribution in [0, 0.1) is 6.92 Å². The van der Waals surface area contributed by atoms with E-state index in [9.17, 15) is 0 Å². The minimum atomic E-state index is 0.706. The monoisotopic (exact) mass is 309 g/mol. The zero-order valence-electron chi connectivity index (χ0n) is 13.1. The third-order valence-corrected chi connectivity index (χ3v) is 3.44. The van der Waals surface area contributed by atoms with E-state index < -0.39 is 0 Å². The lowest BCUT2D eigenvalue weighted by molar-refractivity contribution is 0.0354. The van der Waals surface area contributed by atoms with Gasteiger partial charge in [0.1, 0.15) is 0 Å². The summed E-state index contributed by atoms with van der Waals surface area (Å²) in [5.74, 6) is 0. The minimum Gasteiger partial charge on any atom is -0.378 e. The second kappa shape index (κ2) is 7.60. The molecule has 1 fully saturated rings. The predicted octanol–water partition coefficient (Wildman–Crippen LogP) is 4.74. The Morgan fingerprint density at radius 1 is 0.739 bits per heavy atom. The highest BCUT2D eigenvalue weighted by atomic mass is 16.5. The largest absolute Gasteiger partial charge is 0.378 e. The number of morpholine rings is 1. The van der Waals surface area contributed by atoms with Crippen LogP contribution in [0.15, 0.2) is 69.1 Å². The maximum Gasteiger partial charge on any atom is 0.0875 e. The van der Waals surface area contributed by atoms with Gasteiger partial charge in [0.2, 0.25) is 0 Å². The quantitative estimate of drug-likeness (QED) is 0.766. The summed E-state index contributed by atoms with van der Waals surface area (Å²) >= 11 is 0. The van der Waals surface area contributed by atoms with Crippen molar-refractivity contribution >= 4 is 17.1 Å². The fourth-order valence-corrected chi connectivity index (χ4v) is 2.07. The SMILES string of the molecule is Cc1ccc(/N=N/c2ccc(/N=N/N3CCOCC3)cc2)cc1. The molecule has 0 unspecified atom stereocenters. The number of rotatable bonds is 4. The Morgan fingerprint density at radius 2 is 1.22 bits per heavy atom. The van der Waals surface area contributed by atoms with Gasteiger partial charge in [0.05, 0.1) is 43.4 Å². The van der Waals surface area contributed by atoms with Crippen LogP contribution in [-0.2, 0) is 4.74 Å². The number of nitrogens with zero attached hydrogens (tertiary/aromatic N) is 5. The Labute approximate surface area is 135 Å². The molecule has 0 amide bonds. The molecule has 2 aromatic carbocycles. The summed E-state index contributed by atoms with van der Waals surface area (Å²) in [7, 11) is 0. The van der Waals surface area contributed by atoms with Gasteiger partial charge in [-0.05, 0) is 43.3 Å². The molecule has 0 saturated carbocycles. The van der Waals surface area contributed by atoms with Gasteiger partial charge in [-0.2, -0.15) is 10.2 Å². The van der Waals surface area contributed by atoms with Crippen LogP contribution in [0.25, 0.3) is 0 Å². The van der Waals surface area contributed by atoms with E-state index in [4.69, 9.17) is 4.74 Å². The van der Waals surface area contributed by atoms with Crippen LogP contribution in [0.4, 0.5) is 17.1 Å². The molecule has 2 aromatic rings. The summed E-state index contributed by atoms with van der Waals surface area (Å²) in [5.41, 5.74) is 3.63. The van der Waals surface area contributed by atoms with Crippen molar-refractivity contribution in [3.8, 4) is 0 Å². The van der Waals surface area contributed by atoms with E-state index in [0.29, 0.717) is 13.2 Å². The van der Waals surface area contributed by atoms with Gasteiger partial charge in [0.25, 0.3) is 0 Å². The molecule has 0 bridgehead atoms. The second-order valence-corrected chi connectivity index (χ2v) is 5.31. The number of benzene rings is 2. The van der Waals surface area contributed by atoms with E-state index in [2.05, 4.69) is 20.6 Å². The van der Waals surface area contributed by atoms with Crippen molar-refractivity contribution in [3.05, 3.63) is 54.1 Å². The van der Waals surface area contributed by atoms with E-state index in [0.717, 1.165) is 30.2 Å². The molecular weight excluding hydrogens is 290 g/mol. The molecule has 1 saturated heterocycles. The van der Waals surface area contributed by atoms with E-state index >= 15 is 0 Å². The number of azo groups is 1. The summed E-state index contributed by atoms with van der Waals surface area (Å²) in [6, 6.07) is 15.5. The zero-order valence-corrected chi connectivity index (χ0v) is 13.1. The Balaban J connectivity index is 1.60. The third-order valence-electron chi connectivity index (χ3n) is 3.44. The van der Waals surface area contributed by atoms with E-state index in [1.54, 1.807) is 0 Å². The third kappa shape index (κ3) is 4.69. The number of hydrogen-bond acceptors (Lipinski definition) is 5.